The lowest BCUT2D eigenvalue weighted by Crippen LogP contribution is -2.41. The van der Waals surface area contributed by atoms with Gasteiger partial charge in [0.1, 0.15) is 0 Å². The van der Waals surface area contributed by atoms with E-state index in [4.69, 9.17) is 9.47 Å². The lowest BCUT2D eigenvalue weighted by molar-refractivity contribution is -0.160. The number of nitrogens with zero attached hydrogens (tertiary/aromatic N) is 1. The first-order valence-corrected chi connectivity index (χ1v) is 8.80. The molecule has 0 spiro atoms. The zero-order valence-corrected chi connectivity index (χ0v) is 14.5. The molecule has 2 aliphatic rings. The maximum Gasteiger partial charge on any atom is 0.347 e. The van der Waals surface area contributed by atoms with Crippen molar-refractivity contribution in [2.75, 3.05) is 13.2 Å². The third kappa shape index (κ3) is 3.05. The summed E-state index contributed by atoms with van der Waals surface area (Å²) in [6.45, 7) is 0.352. The van der Waals surface area contributed by atoms with E-state index in [0.717, 1.165) is 10.3 Å². The number of carbonyl (C=O) groups is 4. The predicted molar refractivity (Wildman–Crippen MR) is 94.0 cm³/mol. The normalized spacial score (nSPS) is 18.7. The van der Waals surface area contributed by atoms with E-state index in [9.17, 15) is 19.2 Å². The molecule has 0 radical (unpaired) electrons. The van der Waals surface area contributed by atoms with Gasteiger partial charge >= 0.3 is 11.9 Å². The average Bonchev–Trinajstić information content (AvgIpc) is 3.07. The van der Waals surface area contributed by atoms with Crippen LogP contribution < -0.4 is 0 Å². The molecule has 1 unspecified atom stereocenters. The molecule has 1 saturated heterocycles. The molecular weight excluding hydrogens is 350 g/mol. The van der Waals surface area contributed by atoms with Gasteiger partial charge in [0, 0.05) is 35.9 Å². The van der Waals surface area contributed by atoms with Crippen LogP contribution in [0, 0.1) is 0 Å². The van der Waals surface area contributed by atoms with Gasteiger partial charge in [-0.2, -0.15) is 0 Å². The largest absolute Gasteiger partial charge is 0.463 e. The van der Waals surface area contributed by atoms with Crippen LogP contribution >= 0.6 is 0 Å². The number of esters is 2. The molecule has 4 rings (SSSR count). The number of imide groups is 1. The third-order valence-corrected chi connectivity index (χ3v) is 4.78. The van der Waals surface area contributed by atoms with Crippen LogP contribution in [0.5, 0.6) is 0 Å². The summed E-state index contributed by atoms with van der Waals surface area (Å²) in [6, 6.07) is 10.7. The second kappa shape index (κ2) is 6.83. The van der Waals surface area contributed by atoms with Gasteiger partial charge in [-0.3, -0.25) is 19.3 Å². The van der Waals surface area contributed by atoms with Gasteiger partial charge in [0.05, 0.1) is 6.61 Å². The highest BCUT2D eigenvalue weighted by Crippen LogP contribution is 2.30. The Morgan fingerprint density at radius 3 is 2.33 bits per heavy atom. The van der Waals surface area contributed by atoms with Gasteiger partial charge in [-0.15, -0.1) is 0 Å². The number of amides is 2. The van der Waals surface area contributed by atoms with Crippen LogP contribution in [0.1, 0.15) is 40.0 Å². The van der Waals surface area contributed by atoms with Crippen LogP contribution in [0.25, 0.3) is 10.8 Å². The van der Waals surface area contributed by atoms with Gasteiger partial charge < -0.3 is 9.47 Å². The van der Waals surface area contributed by atoms with E-state index in [1.165, 1.54) is 0 Å². The predicted octanol–water partition coefficient (Wildman–Crippen LogP) is 2.07. The van der Waals surface area contributed by atoms with Gasteiger partial charge in [0.25, 0.3) is 11.8 Å². The number of hydrogen-bond acceptors (Lipinski definition) is 6. The molecule has 0 aromatic heterocycles. The van der Waals surface area contributed by atoms with Gasteiger partial charge in [-0.1, -0.05) is 24.3 Å². The summed E-state index contributed by atoms with van der Waals surface area (Å²) in [6.07, 6.45) is -0.225. The van der Waals surface area contributed by atoms with Crippen molar-refractivity contribution in [2.24, 2.45) is 0 Å². The van der Waals surface area contributed by atoms with Crippen molar-refractivity contribution in [3.63, 3.8) is 0 Å². The van der Waals surface area contributed by atoms with E-state index in [2.05, 4.69) is 0 Å². The Hall–Kier alpha value is -3.22. The standard InChI is InChI=1S/C20H17NO6/c22-16(27-15-9-11-26-20(15)25)8-3-10-21-18(23)13-6-1-4-12-5-2-7-14(17(12)13)19(21)24/h1-2,4-7,15H,3,8-11H2. The Bertz CT molecular complexity index is 915. The zero-order chi connectivity index (χ0) is 19.0. The lowest BCUT2D eigenvalue weighted by atomic mass is 9.94. The second-order valence-corrected chi connectivity index (χ2v) is 6.51. The van der Waals surface area contributed by atoms with Crippen molar-refractivity contribution in [1.29, 1.82) is 0 Å². The smallest absolute Gasteiger partial charge is 0.347 e. The maximum absolute atomic E-state index is 12.7. The Labute approximate surface area is 154 Å². The number of rotatable bonds is 5. The summed E-state index contributed by atoms with van der Waals surface area (Å²) in [5, 5.41) is 1.52. The first-order chi connectivity index (χ1) is 13.1. The number of cyclic esters (lactones) is 1. The highest BCUT2D eigenvalue weighted by atomic mass is 16.6. The Morgan fingerprint density at radius 1 is 1.07 bits per heavy atom. The molecule has 138 valence electrons. The van der Waals surface area contributed by atoms with E-state index >= 15 is 0 Å². The van der Waals surface area contributed by atoms with Gasteiger partial charge in [-0.25, -0.2) is 4.79 Å². The van der Waals surface area contributed by atoms with Gasteiger partial charge in [0.2, 0.25) is 6.10 Å². The topological polar surface area (TPSA) is 90.0 Å². The number of benzene rings is 2. The number of carbonyl (C=O) groups excluding carboxylic acids is 4. The number of hydrogen-bond donors (Lipinski definition) is 0. The first-order valence-electron chi connectivity index (χ1n) is 8.80. The zero-order valence-electron chi connectivity index (χ0n) is 14.5. The monoisotopic (exact) mass is 367 g/mol. The van der Waals surface area contributed by atoms with E-state index in [0.29, 0.717) is 22.9 Å². The summed E-state index contributed by atoms with van der Waals surface area (Å²) in [5.74, 6) is -1.80. The van der Waals surface area contributed by atoms with Crippen LogP contribution in [0.2, 0.25) is 0 Å². The summed E-state index contributed by atoms with van der Waals surface area (Å²) < 4.78 is 9.81. The molecule has 7 nitrogen and oxygen atoms in total. The van der Waals surface area contributed by atoms with Crippen LogP contribution in [0.3, 0.4) is 0 Å². The maximum atomic E-state index is 12.7. The van der Waals surface area contributed by atoms with E-state index in [1.54, 1.807) is 24.3 Å². The van der Waals surface area contributed by atoms with Gasteiger partial charge in [-0.05, 0) is 23.9 Å². The van der Waals surface area contributed by atoms with Crippen LogP contribution in [-0.4, -0.2) is 47.9 Å². The van der Waals surface area contributed by atoms with Crippen molar-refractivity contribution in [1.82, 2.24) is 4.90 Å². The SMILES string of the molecule is O=C(CCCN1C(=O)c2cccc3cccc(c23)C1=O)OC1CCOC1=O. The molecule has 2 aromatic rings. The molecule has 0 aliphatic carbocycles. The minimum absolute atomic E-state index is 0.00663. The molecular formula is C20H17NO6. The molecule has 0 N–H and O–H groups in total. The molecule has 2 heterocycles. The first kappa shape index (κ1) is 17.2. The molecule has 7 heteroatoms. The van der Waals surface area contributed by atoms with E-state index < -0.39 is 18.0 Å². The van der Waals surface area contributed by atoms with Crippen LogP contribution in [0.4, 0.5) is 0 Å². The molecule has 27 heavy (non-hydrogen) atoms. The molecule has 2 aliphatic heterocycles. The van der Waals surface area contributed by atoms with Crippen molar-refractivity contribution in [2.45, 2.75) is 25.4 Å². The summed E-state index contributed by atoms with van der Waals surface area (Å²) in [4.78, 5) is 49.8. The number of ether oxygens (including phenoxy) is 2. The summed E-state index contributed by atoms with van der Waals surface area (Å²) in [5.41, 5.74) is 0.970. The fraction of sp³-hybridized carbons (Fsp3) is 0.300. The van der Waals surface area contributed by atoms with Gasteiger partial charge in [0.15, 0.2) is 0 Å². The average molecular weight is 367 g/mol. The minimum Gasteiger partial charge on any atom is -0.463 e. The van der Waals surface area contributed by atoms with E-state index in [-0.39, 0.29) is 37.8 Å². The van der Waals surface area contributed by atoms with Crippen molar-refractivity contribution in [3.8, 4) is 0 Å². The van der Waals surface area contributed by atoms with Crippen molar-refractivity contribution >= 4 is 34.5 Å². The van der Waals surface area contributed by atoms with Crippen molar-refractivity contribution in [3.05, 3.63) is 47.5 Å². The highest BCUT2D eigenvalue weighted by molar-refractivity contribution is 6.25. The molecule has 2 amide bonds. The minimum atomic E-state index is -0.847. The van der Waals surface area contributed by atoms with E-state index in [1.807, 2.05) is 12.1 Å². The highest BCUT2D eigenvalue weighted by Gasteiger charge is 2.33. The lowest BCUT2D eigenvalue weighted by Gasteiger charge is -2.27. The summed E-state index contributed by atoms with van der Waals surface area (Å²) >= 11 is 0. The second-order valence-electron chi connectivity index (χ2n) is 6.51. The third-order valence-electron chi connectivity index (χ3n) is 4.78. The Morgan fingerprint density at radius 2 is 1.74 bits per heavy atom. The fourth-order valence-corrected chi connectivity index (χ4v) is 3.47. The fourth-order valence-electron chi connectivity index (χ4n) is 3.47. The molecule has 0 bridgehead atoms. The Kier molecular flexibility index (Phi) is 4.35. The Balaban J connectivity index is 1.43. The molecule has 1 fully saturated rings. The molecule has 0 saturated carbocycles. The quantitative estimate of drug-likeness (QED) is 0.594. The van der Waals surface area contributed by atoms with Crippen molar-refractivity contribution < 1.29 is 28.7 Å². The molecule has 1 atom stereocenters. The van der Waals surface area contributed by atoms with Crippen LogP contribution in [-0.2, 0) is 19.1 Å². The summed E-state index contributed by atoms with van der Waals surface area (Å²) in [7, 11) is 0. The molecule has 2 aromatic carbocycles. The van der Waals surface area contributed by atoms with Crippen LogP contribution in [0.15, 0.2) is 36.4 Å².